The first kappa shape index (κ1) is 31.6. The van der Waals surface area contributed by atoms with E-state index in [9.17, 15) is 9.18 Å². The van der Waals surface area contributed by atoms with E-state index in [1.165, 1.54) is 35.5 Å². The van der Waals surface area contributed by atoms with Gasteiger partial charge in [0.15, 0.2) is 5.82 Å². The lowest BCUT2D eigenvalue weighted by Gasteiger charge is -2.18. The van der Waals surface area contributed by atoms with Crippen LogP contribution in [0, 0.1) is 19.7 Å². The summed E-state index contributed by atoms with van der Waals surface area (Å²) >= 11 is 0. The molecule has 0 bridgehead atoms. The van der Waals surface area contributed by atoms with Crippen molar-refractivity contribution in [2.45, 2.75) is 52.4 Å². The molecule has 47 heavy (non-hydrogen) atoms. The number of amides is 1. The molecule has 2 aliphatic heterocycles. The fourth-order valence-corrected chi connectivity index (χ4v) is 5.88. The van der Waals surface area contributed by atoms with Gasteiger partial charge < -0.3 is 21.1 Å². The van der Waals surface area contributed by atoms with Gasteiger partial charge in [-0.2, -0.15) is 0 Å². The minimum Gasteiger partial charge on any atom is -0.492 e. The summed E-state index contributed by atoms with van der Waals surface area (Å²) in [5.41, 5.74) is 15.2. The highest BCUT2D eigenvalue weighted by Crippen LogP contribution is 2.42. The van der Waals surface area contributed by atoms with Crippen LogP contribution in [0.3, 0.4) is 0 Å². The highest BCUT2D eigenvalue weighted by molar-refractivity contribution is 6.03. The molecule has 240 valence electrons. The number of fused-ring (bicyclic) bond motifs is 2. The van der Waals surface area contributed by atoms with Crippen molar-refractivity contribution in [1.29, 1.82) is 0 Å². The van der Waals surface area contributed by atoms with Gasteiger partial charge in [0.05, 0.1) is 48.3 Å². The number of nitrogens with one attached hydrogen (secondary N) is 2. The third-order valence-electron chi connectivity index (χ3n) is 8.69. The largest absolute Gasteiger partial charge is 0.492 e. The summed E-state index contributed by atoms with van der Waals surface area (Å²) in [5.74, 6) is 0.565. The van der Waals surface area contributed by atoms with Crippen LogP contribution in [0.2, 0.25) is 0 Å². The highest BCUT2D eigenvalue weighted by Gasteiger charge is 2.33. The molecule has 4 N–H and O–H groups in total. The Morgan fingerprint density at radius 2 is 1.51 bits per heavy atom. The molecule has 3 aromatic carbocycles. The second-order valence-electron chi connectivity index (χ2n) is 13.3. The highest BCUT2D eigenvalue weighted by atomic mass is 19.1. The zero-order chi connectivity index (χ0) is 33.5. The van der Waals surface area contributed by atoms with E-state index in [-0.39, 0.29) is 22.2 Å². The second-order valence-corrected chi connectivity index (χ2v) is 13.3. The van der Waals surface area contributed by atoms with E-state index in [0.29, 0.717) is 5.82 Å². The van der Waals surface area contributed by atoms with Crippen molar-refractivity contribution in [1.82, 2.24) is 19.9 Å². The minimum absolute atomic E-state index is 0.0300. The number of carbonyl (C=O) groups is 1. The number of nitrogens with zero attached hydrogens (tertiary/aromatic N) is 4. The Morgan fingerprint density at radius 1 is 0.851 bits per heavy atom. The van der Waals surface area contributed by atoms with Crippen LogP contribution in [0.5, 0.6) is 5.75 Å². The van der Waals surface area contributed by atoms with Crippen molar-refractivity contribution < 1.29 is 13.9 Å². The summed E-state index contributed by atoms with van der Waals surface area (Å²) in [4.78, 5) is 29.4. The molecule has 10 heteroatoms. The lowest BCUT2D eigenvalue weighted by Crippen LogP contribution is -2.19. The summed E-state index contributed by atoms with van der Waals surface area (Å²) in [6.45, 7) is 14.5. The number of ether oxygens (including phenoxy) is 1. The van der Waals surface area contributed by atoms with Crippen LogP contribution < -0.4 is 21.1 Å². The molecule has 2 aromatic heterocycles. The standard InChI is InChI=1S/C22H21FN4O.C15H17N3O/c1-13-8-18-16(22(2,3)12-26-18)9-15(13)19-10-25-20(11-24-19)27-21(28)14-6-4-5-7-17(14)23;1-9-4-13-11(15(2,3)8-19-13)5-10(9)12-6-18-14(16)7-17-12/h4-11,26H,12H2,1-3H3,(H,25,27,28);4-7H,8H2,1-3H3,(H2,16,18). The average Bonchev–Trinajstić information content (AvgIpc) is 3.50. The predicted octanol–water partition coefficient (Wildman–Crippen LogP) is 7.25. The zero-order valence-corrected chi connectivity index (χ0v) is 27.4. The van der Waals surface area contributed by atoms with Crippen molar-refractivity contribution in [3.8, 4) is 28.3 Å². The molecule has 1 amide bonds. The number of aryl methyl sites for hydroxylation is 2. The number of aromatic nitrogens is 4. The van der Waals surface area contributed by atoms with Crippen LogP contribution in [0.1, 0.15) is 60.3 Å². The number of anilines is 3. The van der Waals surface area contributed by atoms with Gasteiger partial charge in [0.25, 0.3) is 5.91 Å². The SMILES string of the molecule is Cc1cc2c(cc1-c1cnc(N)cn1)C(C)(C)CO2.Cc1cc2c(cc1-c1cnc(NC(=O)c3ccccc3F)cn1)C(C)(C)CN2. The van der Waals surface area contributed by atoms with Gasteiger partial charge in [0.2, 0.25) is 0 Å². The van der Waals surface area contributed by atoms with E-state index in [1.54, 1.807) is 24.7 Å². The van der Waals surface area contributed by atoms with Crippen molar-refractivity contribution in [3.05, 3.63) is 107 Å². The number of hydrogen-bond acceptors (Lipinski definition) is 8. The van der Waals surface area contributed by atoms with E-state index < -0.39 is 11.7 Å². The predicted molar refractivity (Wildman–Crippen MR) is 183 cm³/mol. The fraction of sp³-hybridized carbons (Fsp3) is 0.270. The number of rotatable bonds is 4. The van der Waals surface area contributed by atoms with Gasteiger partial charge in [-0.15, -0.1) is 0 Å². The van der Waals surface area contributed by atoms with Gasteiger partial charge in [-0.25, -0.2) is 14.4 Å². The number of nitrogen functional groups attached to an aromatic ring is 1. The van der Waals surface area contributed by atoms with Crippen molar-refractivity contribution in [2.24, 2.45) is 0 Å². The topological polar surface area (TPSA) is 128 Å². The Hall–Kier alpha value is -5.38. The van der Waals surface area contributed by atoms with E-state index in [2.05, 4.69) is 89.5 Å². The molecule has 0 saturated heterocycles. The number of hydrogen-bond donors (Lipinski definition) is 3. The molecule has 0 atom stereocenters. The average molecular weight is 632 g/mol. The molecule has 0 saturated carbocycles. The Morgan fingerprint density at radius 3 is 2.17 bits per heavy atom. The smallest absolute Gasteiger partial charge is 0.259 e. The monoisotopic (exact) mass is 631 g/mol. The zero-order valence-electron chi connectivity index (χ0n) is 27.4. The normalized spacial score (nSPS) is 15.0. The summed E-state index contributed by atoms with van der Waals surface area (Å²) in [5, 5.41) is 6.03. The molecule has 2 aliphatic rings. The van der Waals surface area contributed by atoms with Crippen molar-refractivity contribution in [2.75, 3.05) is 29.5 Å². The molecule has 0 fully saturated rings. The number of nitrogens with two attached hydrogens (primary N) is 1. The van der Waals surface area contributed by atoms with Crippen LogP contribution >= 0.6 is 0 Å². The number of halogens is 1. The van der Waals surface area contributed by atoms with Gasteiger partial charge in [-0.05, 0) is 66.9 Å². The summed E-state index contributed by atoms with van der Waals surface area (Å²) in [7, 11) is 0. The first-order chi connectivity index (χ1) is 22.3. The molecule has 0 spiro atoms. The lowest BCUT2D eigenvalue weighted by atomic mass is 9.85. The third kappa shape index (κ3) is 6.36. The van der Waals surface area contributed by atoms with Crippen LogP contribution in [-0.2, 0) is 10.8 Å². The first-order valence-corrected chi connectivity index (χ1v) is 15.5. The molecular formula is C37H38FN7O2. The van der Waals surface area contributed by atoms with Crippen LogP contribution in [-0.4, -0.2) is 39.0 Å². The second kappa shape index (κ2) is 12.1. The van der Waals surface area contributed by atoms with Gasteiger partial charge in [0, 0.05) is 39.8 Å². The van der Waals surface area contributed by atoms with Gasteiger partial charge in [-0.3, -0.25) is 14.8 Å². The maximum Gasteiger partial charge on any atom is 0.259 e. The first-order valence-electron chi connectivity index (χ1n) is 15.5. The molecule has 7 rings (SSSR count). The van der Waals surface area contributed by atoms with E-state index >= 15 is 0 Å². The summed E-state index contributed by atoms with van der Waals surface area (Å²) in [6.07, 6.45) is 6.42. The summed E-state index contributed by atoms with van der Waals surface area (Å²) < 4.78 is 19.5. The fourth-order valence-electron chi connectivity index (χ4n) is 5.88. The third-order valence-corrected chi connectivity index (χ3v) is 8.69. The molecule has 4 heterocycles. The Kier molecular flexibility index (Phi) is 8.13. The van der Waals surface area contributed by atoms with E-state index in [4.69, 9.17) is 10.5 Å². The lowest BCUT2D eigenvalue weighted by molar-refractivity contribution is 0.102. The van der Waals surface area contributed by atoms with Crippen LogP contribution in [0.25, 0.3) is 22.5 Å². The van der Waals surface area contributed by atoms with Crippen molar-refractivity contribution in [3.63, 3.8) is 0 Å². The van der Waals surface area contributed by atoms with E-state index in [0.717, 1.165) is 58.2 Å². The van der Waals surface area contributed by atoms with Gasteiger partial charge in [-0.1, -0.05) is 39.8 Å². The van der Waals surface area contributed by atoms with Crippen LogP contribution in [0.15, 0.2) is 73.3 Å². The number of benzene rings is 3. The maximum atomic E-state index is 13.7. The molecule has 5 aromatic rings. The molecule has 0 aliphatic carbocycles. The van der Waals surface area contributed by atoms with Gasteiger partial charge in [0.1, 0.15) is 17.4 Å². The molecule has 9 nitrogen and oxygen atoms in total. The Labute approximate surface area is 273 Å². The van der Waals surface area contributed by atoms with E-state index in [1.807, 2.05) is 6.92 Å². The number of carbonyl (C=O) groups excluding carboxylic acids is 1. The molecular weight excluding hydrogens is 593 g/mol. The summed E-state index contributed by atoms with van der Waals surface area (Å²) in [6, 6.07) is 14.4. The Bertz CT molecular complexity index is 1970. The molecule has 0 radical (unpaired) electrons. The molecule has 0 unspecified atom stereocenters. The van der Waals surface area contributed by atoms with Crippen molar-refractivity contribution >= 4 is 23.2 Å². The quantitative estimate of drug-likeness (QED) is 0.189. The van der Waals surface area contributed by atoms with Crippen LogP contribution in [0.4, 0.5) is 21.7 Å². The maximum absolute atomic E-state index is 13.7. The van der Waals surface area contributed by atoms with Gasteiger partial charge >= 0.3 is 0 Å². The Balaban J connectivity index is 0.000000177. The minimum atomic E-state index is -0.574.